The highest BCUT2D eigenvalue weighted by molar-refractivity contribution is 7.16. The number of likely N-dealkylation sites (N-methyl/N-ethyl adjacent to an activating group) is 1. The summed E-state index contributed by atoms with van der Waals surface area (Å²) >= 11 is 7.39. The van der Waals surface area contributed by atoms with E-state index in [4.69, 9.17) is 11.6 Å². The molecule has 0 spiro atoms. The van der Waals surface area contributed by atoms with Crippen LogP contribution < -0.4 is 5.32 Å². The van der Waals surface area contributed by atoms with Gasteiger partial charge in [-0.15, -0.1) is 11.3 Å². The van der Waals surface area contributed by atoms with Crippen LogP contribution in [0, 0.1) is 0 Å². The van der Waals surface area contributed by atoms with E-state index < -0.39 is 0 Å². The summed E-state index contributed by atoms with van der Waals surface area (Å²) in [6.45, 7) is 3.98. The van der Waals surface area contributed by atoms with E-state index in [0.717, 1.165) is 15.8 Å². The van der Waals surface area contributed by atoms with Crippen molar-refractivity contribution in [3.63, 3.8) is 0 Å². The summed E-state index contributed by atoms with van der Waals surface area (Å²) in [5.74, 6) is 0.206. The first-order valence-corrected chi connectivity index (χ1v) is 7.14. The Labute approximate surface area is 111 Å². The Balaban J connectivity index is 1.72. The van der Waals surface area contributed by atoms with E-state index in [1.165, 1.54) is 12.8 Å². The Hall–Kier alpha value is -0.580. The SMILES string of the molecule is CCN(C(=O)CNCc1ccc(Cl)s1)C1CC1. The quantitative estimate of drug-likeness (QED) is 0.863. The largest absolute Gasteiger partial charge is 0.339 e. The number of amides is 1. The second-order valence-corrected chi connectivity index (χ2v) is 6.02. The fourth-order valence-corrected chi connectivity index (χ4v) is 2.92. The summed E-state index contributed by atoms with van der Waals surface area (Å²) in [6.07, 6.45) is 2.33. The summed E-state index contributed by atoms with van der Waals surface area (Å²) in [7, 11) is 0. The van der Waals surface area contributed by atoms with Crippen molar-refractivity contribution in [1.29, 1.82) is 0 Å². The molecule has 0 atom stereocenters. The van der Waals surface area contributed by atoms with Gasteiger partial charge in [-0.25, -0.2) is 0 Å². The Morgan fingerprint density at radius 3 is 2.88 bits per heavy atom. The molecule has 1 amide bonds. The molecule has 0 aromatic carbocycles. The lowest BCUT2D eigenvalue weighted by Crippen LogP contribution is -2.39. The third kappa shape index (κ3) is 3.69. The maximum atomic E-state index is 11.9. The number of hydrogen-bond donors (Lipinski definition) is 1. The Kier molecular flexibility index (Phi) is 4.42. The molecule has 0 saturated heterocycles. The van der Waals surface area contributed by atoms with Crippen molar-refractivity contribution < 1.29 is 4.79 Å². The normalized spacial score (nSPS) is 14.9. The monoisotopic (exact) mass is 272 g/mol. The van der Waals surface area contributed by atoms with Crippen LogP contribution in [0.5, 0.6) is 0 Å². The van der Waals surface area contributed by atoms with E-state index in [1.54, 1.807) is 11.3 Å². The van der Waals surface area contributed by atoms with Crippen LogP contribution in [0.15, 0.2) is 12.1 Å². The number of nitrogens with one attached hydrogen (secondary N) is 1. The second-order valence-electron chi connectivity index (χ2n) is 4.22. The van der Waals surface area contributed by atoms with Crippen molar-refractivity contribution in [2.45, 2.75) is 32.4 Å². The maximum Gasteiger partial charge on any atom is 0.236 e. The second kappa shape index (κ2) is 5.85. The van der Waals surface area contributed by atoms with Crippen molar-refractivity contribution in [2.75, 3.05) is 13.1 Å². The first-order chi connectivity index (χ1) is 8.20. The summed E-state index contributed by atoms with van der Waals surface area (Å²) in [6, 6.07) is 4.38. The van der Waals surface area contributed by atoms with E-state index in [1.807, 2.05) is 24.0 Å². The molecule has 0 aliphatic heterocycles. The van der Waals surface area contributed by atoms with E-state index in [2.05, 4.69) is 5.32 Å². The van der Waals surface area contributed by atoms with Crippen molar-refractivity contribution in [1.82, 2.24) is 10.2 Å². The van der Waals surface area contributed by atoms with Crippen LogP contribution in [0.3, 0.4) is 0 Å². The van der Waals surface area contributed by atoms with E-state index in [-0.39, 0.29) is 5.91 Å². The van der Waals surface area contributed by atoms with Gasteiger partial charge < -0.3 is 10.2 Å². The minimum absolute atomic E-state index is 0.206. The molecule has 1 N–H and O–H groups in total. The lowest BCUT2D eigenvalue weighted by atomic mass is 10.4. The van der Waals surface area contributed by atoms with Gasteiger partial charge in [-0.1, -0.05) is 11.6 Å². The molecule has 0 radical (unpaired) electrons. The zero-order valence-corrected chi connectivity index (χ0v) is 11.5. The van der Waals surface area contributed by atoms with E-state index >= 15 is 0 Å². The number of rotatable bonds is 6. The molecule has 1 saturated carbocycles. The molecule has 2 rings (SSSR count). The van der Waals surface area contributed by atoms with Gasteiger partial charge in [-0.2, -0.15) is 0 Å². The van der Waals surface area contributed by atoms with Crippen molar-refractivity contribution >= 4 is 28.8 Å². The minimum Gasteiger partial charge on any atom is -0.339 e. The smallest absolute Gasteiger partial charge is 0.236 e. The number of halogens is 1. The lowest BCUT2D eigenvalue weighted by molar-refractivity contribution is -0.130. The number of thiophene rings is 1. The molecular formula is C12H17ClN2OS. The first-order valence-electron chi connectivity index (χ1n) is 5.95. The molecule has 17 heavy (non-hydrogen) atoms. The Morgan fingerprint density at radius 1 is 1.59 bits per heavy atom. The van der Waals surface area contributed by atoms with Gasteiger partial charge in [0.1, 0.15) is 0 Å². The van der Waals surface area contributed by atoms with Crippen LogP contribution in [-0.4, -0.2) is 29.9 Å². The lowest BCUT2D eigenvalue weighted by Gasteiger charge is -2.20. The van der Waals surface area contributed by atoms with Crippen molar-refractivity contribution in [3.8, 4) is 0 Å². The highest BCUT2D eigenvalue weighted by Crippen LogP contribution is 2.26. The zero-order valence-electron chi connectivity index (χ0n) is 9.91. The standard InChI is InChI=1S/C12H17ClN2OS/c1-2-15(9-3-4-9)12(16)8-14-7-10-5-6-11(13)17-10/h5-6,9,14H,2-4,7-8H2,1H3. The molecule has 3 nitrogen and oxygen atoms in total. The number of nitrogens with zero attached hydrogens (tertiary/aromatic N) is 1. The van der Waals surface area contributed by atoms with Crippen LogP contribution in [0.25, 0.3) is 0 Å². The van der Waals surface area contributed by atoms with Crippen LogP contribution in [0.1, 0.15) is 24.6 Å². The van der Waals surface area contributed by atoms with Gasteiger partial charge in [-0.3, -0.25) is 4.79 Å². The van der Waals surface area contributed by atoms with Crippen LogP contribution >= 0.6 is 22.9 Å². The molecule has 1 aliphatic rings. The predicted octanol–water partition coefficient (Wildman–Crippen LogP) is 2.50. The fraction of sp³-hybridized carbons (Fsp3) is 0.583. The van der Waals surface area contributed by atoms with Gasteiger partial charge in [0, 0.05) is 24.0 Å². The average molecular weight is 273 g/mol. The minimum atomic E-state index is 0.206. The third-order valence-corrected chi connectivity index (χ3v) is 4.08. The molecule has 1 aromatic rings. The van der Waals surface area contributed by atoms with Gasteiger partial charge in [0.2, 0.25) is 5.91 Å². The molecular weight excluding hydrogens is 256 g/mol. The molecule has 0 unspecified atom stereocenters. The first kappa shape index (κ1) is 12.9. The molecule has 1 fully saturated rings. The zero-order chi connectivity index (χ0) is 12.3. The van der Waals surface area contributed by atoms with Crippen LogP contribution in [-0.2, 0) is 11.3 Å². The third-order valence-electron chi connectivity index (χ3n) is 2.85. The average Bonchev–Trinajstić information content (AvgIpc) is 3.04. The topological polar surface area (TPSA) is 32.3 Å². The van der Waals surface area contributed by atoms with Gasteiger partial charge in [0.15, 0.2) is 0 Å². The Morgan fingerprint density at radius 2 is 2.35 bits per heavy atom. The number of carbonyl (C=O) groups is 1. The fourth-order valence-electron chi connectivity index (χ4n) is 1.87. The molecule has 1 aromatic heterocycles. The van der Waals surface area contributed by atoms with Gasteiger partial charge >= 0.3 is 0 Å². The summed E-state index contributed by atoms with van der Waals surface area (Å²) in [4.78, 5) is 15.0. The molecule has 5 heteroatoms. The summed E-state index contributed by atoms with van der Waals surface area (Å²) in [5.41, 5.74) is 0. The highest BCUT2D eigenvalue weighted by atomic mass is 35.5. The number of hydrogen-bond acceptors (Lipinski definition) is 3. The van der Waals surface area contributed by atoms with E-state index in [9.17, 15) is 4.79 Å². The van der Waals surface area contributed by atoms with Gasteiger partial charge in [0.25, 0.3) is 0 Å². The predicted molar refractivity (Wildman–Crippen MR) is 71.4 cm³/mol. The molecule has 0 bridgehead atoms. The van der Waals surface area contributed by atoms with E-state index in [0.29, 0.717) is 19.1 Å². The maximum absolute atomic E-state index is 11.9. The molecule has 1 aliphatic carbocycles. The van der Waals surface area contributed by atoms with Crippen LogP contribution in [0.4, 0.5) is 0 Å². The van der Waals surface area contributed by atoms with Crippen molar-refractivity contribution in [3.05, 3.63) is 21.3 Å². The summed E-state index contributed by atoms with van der Waals surface area (Å²) in [5, 5.41) is 3.17. The molecule has 1 heterocycles. The summed E-state index contributed by atoms with van der Waals surface area (Å²) < 4.78 is 0.793. The number of carbonyl (C=O) groups excluding carboxylic acids is 1. The van der Waals surface area contributed by atoms with Gasteiger partial charge in [-0.05, 0) is 31.9 Å². The van der Waals surface area contributed by atoms with Crippen molar-refractivity contribution in [2.24, 2.45) is 0 Å². The Bertz CT molecular complexity index is 390. The van der Waals surface area contributed by atoms with Crippen LogP contribution in [0.2, 0.25) is 4.34 Å². The molecule has 94 valence electrons. The van der Waals surface area contributed by atoms with Gasteiger partial charge in [0.05, 0.1) is 10.9 Å². The highest BCUT2D eigenvalue weighted by Gasteiger charge is 2.30.